The Hall–Kier alpha value is -2.22. The van der Waals surface area contributed by atoms with Crippen LogP contribution in [0.3, 0.4) is 0 Å². The van der Waals surface area contributed by atoms with Gasteiger partial charge in [-0.25, -0.2) is 4.39 Å². The number of rotatable bonds is 4. The maximum Gasteiger partial charge on any atom is 0.270 e. The summed E-state index contributed by atoms with van der Waals surface area (Å²) in [5.41, 5.74) is 4.29. The molecule has 0 unspecified atom stereocenters. The minimum Gasteiger partial charge on any atom is -0.333 e. The van der Waals surface area contributed by atoms with E-state index < -0.39 is 23.5 Å². The summed E-state index contributed by atoms with van der Waals surface area (Å²) in [6.45, 7) is 3.03. The van der Waals surface area contributed by atoms with Gasteiger partial charge in [0, 0.05) is 11.5 Å². The zero-order valence-corrected chi connectivity index (χ0v) is 12.7. The monoisotopic (exact) mass is 357 g/mol. The van der Waals surface area contributed by atoms with E-state index in [1.54, 1.807) is 0 Å². The fourth-order valence-corrected chi connectivity index (χ4v) is 1.78. The van der Waals surface area contributed by atoms with Crippen LogP contribution in [0.2, 0.25) is 0 Å². The van der Waals surface area contributed by atoms with Gasteiger partial charge in [-0.3, -0.25) is 25.2 Å². The molecule has 0 bridgehead atoms. The Morgan fingerprint density at radius 1 is 1.38 bits per heavy atom. The molecule has 0 saturated heterocycles. The van der Waals surface area contributed by atoms with Crippen LogP contribution in [0.25, 0.3) is 0 Å². The molecule has 1 aromatic carbocycles. The topological polar surface area (TPSA) is 78.5 Å². The van der Waals surface area contributed by atoms with E-state index in [-0.39, 0.29) is 12.1 Å². The average molecular weight is 358 g/mol. The Morgan fingerprint density at radius 3 is 2.67 bits per heavy atom. The molecule has 21 heavy (non-hydrogen) atoms. The molecule has 0 heterocycles. The molecule has 0 atom stereocenters. The van der Waals surface area contributed by atoms with E-state index in [1.807, 2.05) is 0 Å². The number of carbonyl (C=O) groups excluding carboxylic acids is 3. The smallest absolute Gasteiger partial charge is 0.270 e. The van der Waals surface area contributed by atoms with Crippen molar-refractivity contribution >= 4 is 33.7 Å². The lowest BCUT2D eigenvalue weighted by atomic mass is 10.2. The SMILES string of the molecule is C=CC(=O)N(C)CC(=O)NNC(=O)c1cc(F)ccc1Br. The van der Waals surface area contributed by atoms with Crippen molar-refractivity contribution in [2.75, 3.05) is 13.6 Å². The molecule has 0 fully saturated rings. The Morgan fingerprint density at radius 2 is 2.05 bits per heavy atom. The minimum absolute atomic E-state index is 0.0332. The van der Waals surface area contributed by atoms with E-state index in [0.29, 0.717) is 4.47 Å². The molecule has 1 rings (SSSR count). The summed E-state index contributed by atoms with van der Waals surface area (Å²) >= 11 is 3.10. The number of benzene rings is 1. The van der Waals surface area contributed by atoms with E-state index in [1.165, 1.54) is 19.2 Å². The highest BCUT2D eigenvalue weighted by atomic mass is 79.9. The van der Waals surface area contributed by atoms with E-state index in [4.69, 9.17) is 0 Å². The zero-order valence-electron chi connectivity index (χ0n) is 11.2. The van der Waals surface area contributed by atoms with Crippen molar-refractivity contribution < 1.29 is 18.8 Å². The van der Waals surface area contributed by atoms with Gasteiger partial charge in [0.05, 0.1) is 5.56 Å². The summed E-state index contributed by atoms with van der Waals surface area (Å²) in [4.78, 5) is 35.6. The number of amides is 3. The number of hydrazine groups is 1. The Kier molecular flexibility index (Phi) is 6.04. The predicted molar refractivity (Wildman–Crippen MR) is 77.5 cm³/mol. The molecule has 0 radical (unpaired) electrons. The van der Waals surface area contributed by atoms with Gasteiger partial charge in [0.1, 0.15) is 12.4 Å². The van der Waals surface area contributed by atoms with E-state index in [9.17, 15) is 18.8 Å². The molecule has 6 nitrogen and oxygen atoms in total. The van der Waals surface area contributed by atoms with Crippen molar-refractivity contribution in [1.29, 1.82) is 0 Å². The summed E-state index contributed by atoms with van der Waals surface area (Å²) in [5.74, 6) is -2.30. The lowest BCUT2D eigenvalue weighted by Crippen LogP contribution is -2.46. The molecular formula is C13H13BrFN3O3. The van der Waals surface area contributed by atoms with Crippen molar-refractivity contribution in [3.63, 3.8) is 0 Å². The number of hydrogen-bond donors (Lipinski definition) is 2. The highest BCUT2D eigenvalue weighted by Gasteiger charge is 2.14. The molecule has 0 spiro atoms. The Labute approximate surface area is 129 Å². The fraction of sp³-hybridized carbons (Fsp3) is 0.154. The van der Waals surface area contributed by atoms with Crippen LogP contribution in [0, 0.1) is 5.82 Å². The highest BCUT2D eigenvalue weighted by Crippen LogP contribution is 2.17. The van der Waals surface area contributed by atoms with Crippen LogP contribution in [-0.2, 0) is 9.59 Å². The summed E-state index contributed by atoms with van der Waals surface area (Å²) in [5, 5.41) is 0. The molecule has 0 saturated carbocycles. The lowest BCUT2D eigenvalue weighted by molar-refractivity contribution is -0.131. The van der Waals surface area contributed by atoms with Crippen LogP contribution < -0.4 is 10.9 Å². The summed E-state index contributed by atoms with van der Waals surface area (Å²) in [7, 11) is 1.41. The van der Waals surface area contributed by atoms with Gasteiger partial charge in [-0.2, -0.15) is 0 Å². The van der Waals surface area contributed by atoms with Gasteiger partial charge in [-0.1, -0.05) is 6.58 Å². The second-order valence-electron chi connectivity index (χ2n) is 4.02. The number of hydrogen-bond acceptors (Lipinski definition) is 3. The first-order chi connectivity index (χ1) is 9.85. The van der Waals surface area contributed by atoms with Crippen LogP contribution in [0.5, 0.6) is 0 Å². The molecule has 0 aromatic heterocycles. The molecular weight excluding hydrogens is 345 g/mol. The van der Waals surface area contributed by atoms with E-state index >= 15 is 0 Å². The second-order valence-corrected chi connectivity index (χ2v) is 4.88. The van der Waals surface area contributed by atoms with Crippen molar-refractivity contribution in [2.45, 2.75) is 0 Å². The number of nitrogens with zero attached hydrogens (tertiary/aromatic N) is 1. The standard InChI is InChI=1S/C13H13BrFN3O3/c1-3-12(20)18(2)7-11(19)16-17-13(21)9-6-8(15)4-5-10(9)14/h3-6H,1,7H2,2H3,(H,16,19)(H,17,21). The molecule has 1 aromatic rings. The van der Waals surface area contributed by atoms with Crippen molar-refractivity contribution in [1.82, 2.24) is 15.8 Å². The van der Waals surface area contributed by atoms with Crippen molar-refractivity contribution in [3.05, 3.63) is 46.7 Å². The number of nitrogens with one attached hydrogen (secondary N) is 2. The maximum atomic E-state index is 13.1. The van der Waals surface area contributed by atoms with Gasteiger partial charge in [0.15, 0.2) is 0 Å². The number of carbonyl (C=O) groups is 3. The summed E-state index contributed by atoms with van der Waals surface area (Å²) in [6.07, 6.45) is 1.07. The van der Waals surface area contributed by atoms with Gasteiger partial charge < -0.3 is 4.90 Å². The second kappa shape index (κ2) is 7.53. The largest absolute Gasteiger partial charge is 0.333 e. The molecule has 0 aliphatic rings. The van der Waals surface area contributed by atoms with Crippen molar-refractivity contribution in [3.8, 4) is 0 Å². The van der Waals surface area contributed by atoms with Gasteiger partial charge in [-0.15, -0.1) is 0 Å². The van der Waals surface area contributed by atoms with Crippen LogP contribution in [0.4, 0.5) is 4.39 Å². The van der Waals surface area contributed by atoms with Gasteiger partial charge >= 0.3 is 0 Å². The van der Waals surface area contributed by atoms with Gasteiger partial charge in [-0.05, 0) is 40.2 Å². The van der Waals surface area contributed by atoms with Crippen LogP contribution in [0.15, 0.2) is 35.3 Å². The minimum atomic E-state index is -0.688. The third-order valence-corrected chi connectivity index (χ3v) is 3.11. The summed E-state index contributed by atoms with van der Waals surface area (Å²) in [6, 6.07) is 3.59. The average Bonchev–Trinajstić information content (AvgIpc) is 2.46. The van der Waals surface area contributed by atoms with Crippen LogP contribution >= 0.6 is 15.9 Å². The maximum absolute atomic E-state index is 13.1. The summed E-state index contributed by atoms with van der Waals surface area (Å²) < 4.78 is 13.4. The first-order valence-electron chi connectivity index (χ1n) is 5.77. The van der Waals surface area contributed by atoms with E-state index in [2.05, 4.69) is 33.4 Å². The van der Waals surface area contributed by atoms with E-state index in [0.717, 1.165) is 17.0 Å². The molecule has 0 aliphatic heterocycles. The predicted octanol–water partition coefficient (Wildman–Crippen LogP) is 0.994. The Bertz CT molecular complexity index is 592. The van der Waals surface area contributed by atoms with Crippen LogP contribution in [0.1, 0.15) is 10.4 Å². The van der Waals surface area contributed by atoms with Crippen LogP contribution in [-0.4, -0.2) is 36.2 Å². The first-order valence-corrected chi connectivity index (χ1v) is 6.56. The molecule has 112 valence electrons. The van der Waals surface area contributed by atoms with Gasteiger partial charge in [0.25, 0.3) is 11.8 Å². The normalized spacial score (nSPS) is 9.67. The molecule has 2 N–H and O–H groups in total. The molecule has 8 heteroatoms. The number of likely N-dealkylation sites (N-methyl/N-ethyl adjacent to an activating group) is 1. The third-order valence-electron chi connectivity index (χ3n) is 2.42. The molecule has 3 amide bonds. The fourth-order valence-electron chi connectivity index (χ4n) is 1.35. The zero-order chi connectivity index (χ0) is 16.0. The number of halogens is 2. The third kappa shape index (κ3) is 4.99. The Balaban J connectivity index is 2.57. The lowest BCUT2D eigenvalue weighted by Gasteiger charge is -2.15. The van der Waals surface area contributed by atoms with Crippen molar-refractivity contribution in [2.24, 2.45) is 0 Å². The molecule has 0 aliphatic carbocycles. The quantitative estimate of drug-likeness (QED) is 0.623. The van der Waals surface area contributed by atoms with Gasteiger partial charge in [0.2, 0.25) is 5.91 Å². The highest BCUT2D eigenvalue weighted by molar-refractivity contribution is 9.10. The first kappa shape index (κ1) is 16.8.